The van der Waals surface area contributed by atoms with E-state index in [-0.39, 0.29) is 12.0 Å². The van der Waals surface area contributed by atoms with Gasteiger partial charge in [-0.3, -0.25) is 0 Å². The van der Waals surface area contributed by atoms with E-state index >= 15 is 0 Å². The van der Waals surface area contributed by atoms with Crippen molar-refractivity contribution < 1.29 is 9.84 Å². The quantitative estimate of drug-likeness (QED) is 0.848. The molecule has 1 aromatic rings. The second kappa shape index (κ2) is 3.77. The predicted octanol–water partition coefficient (Wildman–Crippen LogP) is 2.58. The van der Waals surface area contributed by atoms with Gasteiger partial charge in [0, 0.05) is 5.41 Å². The molecule has 2 unspecified atom stereocenters. The van der Waals surface area contributed by atoms with Crippen molar-refractivity contribution >= 4 is 0 Å². The third-order valence-electron chi connectivity index (χ3n) is 4.23. The SMILES string of the molecule is COc1ccc(C2(CO)CC2C)c(C)c1C. The number of aliphatic hydroxyl groups is 1. The highest BCUT2D eigenvalue weighted by Crippen LogP contribution is 2.55. The van der Waals surface area contributed by atoms with Crippen molar-refractivity contribution in [2.75, 3.05) is 13.7 Å². The van der Waals surface area contributed by atoms with Crippen LogP contribution in [-0.2, 0) is 5.41 Å². The maximum atomic E-state index is 9.59. The summed E-state index contributed by atoms with van der Waals surface area (Å²) < 4.78 is 5.31. The van der Waals surface area contributed by atoms with Gasteiger partial charge in [0.1, 0.15) is 5.75 Å². The van der Waals surface area contributed by atoms with E-state index in [1.807, 2.05) is 6.07 Å². The molecule has 0 spiro atoms. The number of aliphatic hydroxyl groups excluding tert-OH is 1. The van der Waals surface area contributed by atoms with Gasteiger partial charge in [-0.05, 0) is 48.9 Å². The van der Waals surface area contributed by atoms with Crippen LogP contribution in [-0.4, -0.2) is 18.8 Å². The Bertz CT molecular complexity index is 407. The number of hydrogen-bond donors (Lipinski definition) is 1. The van der Waals surface area contributed by atoms with Crippen molar-refractivity contribution in [3.05, 3.63) is 28.8 Å². The Labute approximate surface area is 97.3 Å². The standard InChI is InChI=1S/C14H20O2/c1-9-7-14(9,8-15)12-5-6-13(16-4)11(3)10(12)2/h5-6,9,15H,7-8H2,1-4H3. The Hall–Kier alpha value is -1.02. The maximum absolute atomic E-state index is 9.59. The second-order valence-corrected chi connectivity index (χ2v) is 4.98. The highest BCUT2D eigenvalue weighted by molar-refractivity contribution is 5.49. The first-order valence-corrected chi connectivity index (χ1v) is 5.82. The average Bonchev–Trinajstić information content (AvgIpc) is 2.94. The second-order valence-electron chi connectivity index (χ2n) is 4.98. The monoisotopic (exact) mass is 220 g/mol. The summed E-state index contributed by atoms with van der Waals surface area (Å²) in [5, 5.41) is 9.59. The molecule has 1 saturated carbocycles. The van der Waals surface area contributed by atoms with E-state index in [1.54, 1.807) is 7.11 Å². The topological polar surface area (TPSA) is 29.5 Å². The summed E-state index contributed by atoms with van der Waals surface area (Å²) in [6.45, 7) is 6.65. The molecule has 2 atom stereocenters. The van der Waals surface area contributed by atoms with E-state index in [0.29, 0.717) is 5.92 Å². The van der Waals surface area contributed by atoms with E-state index in [4.69, 9.17) is 4.74 Å². The molecular formula is C14H20O2. The molecule has 0 bridgehead atoms. The lowest BCUT2D eigenvalue weighted by Crippen LogP contribution is -2.17. The maximum Gasteiger partial charge on any atom is 0.122 e. The molecule has 2 heteroatoms. The van der Waals surface area contributed by atoms with Gasteiger partial charge in [-0.15, -0.1) is 0 Å². The van der Waals surface area contributed by atoms with Crippen LogP contribution >= 0.6 is 0 Å². The first-order chi connectivity index (χ1) is 7.56. The van der Waals surface area contributed by atoms with Crippen molar-refractivity contribution in [3.63, 3.8) is 0 Å². The minimum Gasteiger partial charge on any atom is -0.496 e. The molecule has 0 amide bonds. The van der Waals surface area contributed by atoms with Crippen LogP contribution in [0, 0.1) is 19.8 Å². The normalized spacial score (nSPS) is 27.9. The molecule has 1 aliphatic carbocycles. The molecule has 1 aromatic carbocycles. The summed E-state index contributed by atoms with van der Waals surface area (Å²) in [7, 11) is 1.70. The number of ether oxygens (including phenoxy) is 1. The van der Waals surface area contributed by atoms with Crippen LogP contribution < -0.4 is 4.74 Å². The van der Waals surface area contributed by atoms with Crippen molar-refractivity contribution in [1.82, 2.24) is 0 Å². The molecule has 0 radical (unpaired) electrons. The van der Waals surface area contributed by atoms with Crippen molar-refractivity contribution in [2.24, 2.45) is 5.92 Å². The summed E-state index contributed by atoms with van der Waals surface area (Å²) in [5.74, 6) is 1.52. The van der Waals surface area contributed by atoms with Gasteiger partial charge in [0.05, 0.1) is 13.7 Å². The zero-order valence-corrected chi connectivity index (χ0v) is 10.5. The minimum atomic E-state index is 0.0150. The van der Waals surface area contributed by atoms with Gasteiger partial charge in [0.25, 0.3) is 0 Å². The zero-order valence-electron chi connectivity index (χ0n) is 10.5. The molecule has 1 aliphatic rings. The third kappa shape index (κ3) is 1.44. The van der Waals surface area contributed by atoms with Gasteiger partial charge in [-0.1, -0.05) is 13.0 Å². The van der Waals surface area contributed by atoms with Crippen molar-refractivity contribution in [2.45, 2.75) is 32.6 Å². The third-order valence-corrected chi connectivity index (χ3v) is 4.23. The summed E-state index contributed by atoms with van der Waals surface area (Å²) in [6.07, 6.45) is 1.09. The summed E-state index contributed by atoms with van der Waals surface area (Å²) in [6, 6.07) is 4.13. The lowest BCUT2D eigenvalue weighted by Gasteiger charge is -2.20. The summed E-state index contributed by atoms with van der Waals surface area (Å²) in [4.78, 5) is 0. The molecule has 0 aliphatic heterocycles. The number of rotatable bonds is 3. The van der Waals surface area contributed by atoms with Gasteiger partial charge in [-0.25, -0.2) is 0 Å². The lowest BCUT2D eigenvalue weighted by molar-refractivity contribution is 0.246. The van der Waals surface area contributed by atoms with Gasteiger partial charge in [-0.2, -0.15) is 0 Å². The van der Waals surface area contributed by atoms with E-state index in [9.17, 15) is 5.11 Å². The van der Waals surface area contributed by atoms with E-state index < -0.39 is 0 Å². The van der Waals surface area contributed by atoms with Crippen LogP contribution in [0.1, 0.15) is 30.0 Å². The van der Waals surface area contributed by atoms with Crippen LogP contribution in [0.25, 0.3) is 0 Å². The first-order valence-electron chi connectivity index (χ1n) is 5.82. The summed E-state index contributed by atoms with van der Waals surface area (Å²) in [5.41, 5.74) is 3.76. The molecular weight excluding hydrogens is 200 g/mol. The van der Waals surface area contributed by atoms with Crippen LogP contribution in [0.3, 0.4) is 0 Å². The number of methoxy groups -OCH3 is 1. The fraction of sp³-hybridized carbons (Fsp3) is 0.571. The van der Waals surface area contributed by atoms with Crippen LogP contribution in [0.15, 0.2) is 12.1 Å². The molecule has 2 rings (SSSR count). The molecule has 1 N–H and O–H groups in total. The number of benzene rings is 1. The molecule has 16 heavy (non-hydrogen) atoms. The van der Waals surface area contributed by atoms with E-state index in [1.165, 1.54) is 16.7 Å². The van der Waals surface area contributed by atoms with Crippen LogP contribution in [0.5, 0.6) is 5.75 Å². The number of hydrogen-bond acceptors (Lipinski definition) is 2. The molecule has 0 aromatic heterocycles. The summed E-state index contributed by atoms with van der Waals surface area (Å²) >= 11 is 0. The predicted molar refractivity (Wildman–Crippen MR) is 65.0 cm³/mol. The van der Waals surface area contributed by atoms with Crippen molar-refractivity contribution in [1.29, 1.82) is 0 Å². The van der Waals surface area contributed by atoms with Gasteiger partial charge >= 0.3 is 0 Å². The molecule has 0 saturated heterocycles. The van der Waals surface area contributed by atoms with Crippen LogP contribution in [0.4, 0.5) is 0 Å². The Morgan fingerprint density at radius 3 is 2.44 bits per heavy atom. The zero-order chi connectivity index (χ0) is 11.9. The smallest absolute Gasteiger partial charge is 0.122 e. The Kier molecular flexibility index (Phi) is 2.70. The Balaban J connectivity index is 2.48. The first kappa shape index (κ1) is 11.5. The van der Waals surface area contributed by atoms with Crippen LogP contribution in [0.2, 0.25) is 0 Å². The van der Waals surface area contributed by atoms with E-state index in [0.717, 1.165) is 12.2 Å². The highest BCUT2D eigenvalue weighted by Gasteiger charge is 2.52. The fourth-order valence-corrected chi connectivity index (χ4v) is 2.72. The van der Waals surface area contributed by atoms with Gasteiger partial charge < -0.3 is 9.84 Å². The lowest BCUT2D eigenvalue weighted by atomic mass is 9.88. The molecule has 0 heterocycles. The fourth-order valence-electron chi connectivity index (χ4n) is 2.72. The molecule has 88 valence electrons. The van der Waals surface area contributed by atoms with Gasteiger partial charge in [0.15, 0.2) is 0 Å². The minimum absolute atomic E-state index is 0.0150. The largest absolute Gasteiger partial charge is 0.496 e. The highest BCUT2D eigenvalue weighted by atomic mass is 16.5. The molecule has 2 nitrogen and oxygen atoms in total. The van der Waals surface area contributed by atoms with Crippen molar-refractivity contribution in [3.8, 4) is 5.75 Å². The van der Waals surface area contributed by atoms with E-state index in [2.05, 4.69) is 26.8 Å². The molecule has 1 fully saturated rings. The van der Waals surface area contributed by atoms with Gasteiger partial charge in [0.2, 0.25) is 0 Å². The Morgan fingerprint density at radius 2 is 2.00 bits per heavy atom. The Morgan fingerprint density at radius 1 is 1.38 bits per heavy atom. The average molecular weight is 220 g/mol.